The fourth-order valence-corrected chi connectivity index (χ4v) is 21.2. The van der Waals surface area contributed by atoms with Gasteiger partial charge in [-0.1, -0.05) is 56.0 Å². The fourth-order valence-electron chi connectivity index (χ4n) is 4.48. The van der Waals surface area contributed by atoms with E-state index in [1.165, 1.54) is 44.1 Å². The molecule has 0 radical (unpaired) electrons. The molecule has 0 aliphatic rings. The summed E-state index contributed by atoms with van der Waals surface area (Å²) in [4.78, 5) is 0. The first kappa shape index (κ1) is 29.4. The lowest BCUT2D eigenvalue weighted by molar-refractivity contribution is 1.35. The minimum absolute atomic E-state index is 1.32. The van der Waals surface area contributed by atoms with Gasteiger partial charge in [-0.25, -0.2) is 0 Å². The Hall–Kier alpha value is -0.872. The van der Waals surface area contributed by atoms with E-state index < -0.39 is 30.3 Å². The number of hydrogen-bond donors (Lipinski definition) is 0. The normalized spacial score (nSPS) is 15.9. The molecule has 2 aromatic rings. The third-order valence-corrected chi connectivity index (χ3v) is 32.9. The highest BCUT2D eigenvalue weighted by Crippen LogP contribution is 2.38. The summed E-state index contributed by atoms with van der Waals surface area (Å²) < 4.78 is 11.4. The van der Waals surface area contributed by atoms with Crippen LogP contribution in [0.15, 0.2) is 45.7 Å². The Balaban J connectivity index is 3.19. The molecule has 0 aromatic heterocycles. The van der Waals surface area contributed by atoms with E-state index >= 15 is 0 Å². The van der Waals surface area contributed by atoms with Crippen molar-refractivity contribution >= 4 is 56.2 Å². The molecule has 0 amide bonds. The topological polar surface area (TPSA) is 24.7 Å². The molecule has 34 heavy (non-hydrogen) atoms. The van der Waals surface area contributed by atoms with E-state index in [1.807, 2.05) is 0 Å². The maximum Gasteiger partial charge on any atom is 0.219 e. The van der Waals surface area contributed by atoms with E-state index in [0.29, 0.717) is 0 Å². The van der Waals surface area contributed by atoms with Gasteiger partial charge in [0.05, 0.1) is 7.59 Å². The van der Waals surface area contributed by atoms with Gasteiger partial charge in [0.25, 0.3) is 0 Å². The first-order valence-electron chi connectivity index (χ1n) is 12.3. The highest BCUT2D eigenvalue weighted by Gasteiger charge is 2.54. The van der Waals surface area contributed by atoms with Gasteiger partial charge in [-0.3, -0.25) is 0 Å². The summed E-state index contributed by atoms with van der Waals surface area (Å²) in [5.74, 6) is 0. The van der Waals surface area contributed by atoms with Crippen LogP contribution in [-0.2, 0) is 0 Å². The van der Waals surface area contributed by atoms with Crippen LogP contribution in [0.2, 0.25) is 58.9 Å². The Bertz CT molecular complexity index is 997. The van der Waals surface area contributed by atoms with E-state index in [9.17, 15) is 0 Å². The van der Waals surface area contributed by atoms with Gasteiger partial charge in [-0.05, 0) is 100 Å². The molecule has 186 valence electrons. The van der Waals surface area contributed by atoms with Crippen LogP contribution in [0.4, 0.5) is 0 Å². The SMILES string of the molecule is Cc1cccc(C)c1/C(=N\[Si](C)(C)C)[Si](Br)(/C(=N/[Si](C)(C)C)c1c(C)cccc1C)[Si](C)(C)C. The van der Waals surface area contributed by atoms with Crippen LogP contribution in [-0.4, -0.2) is 40.9 Å². The van der Waals surface area contributed by atoms with Crippen LogP contribution < -0.4 is 0 Å². The van der Waals surface area contributed by atoms with Gasteiger partial charge < -0.3 is 9.32 Å². The van der Waals surface area contributed by atoms with E-state index in [4.69, 9.17) is 9.32 Å². The smallest absolute Gasteiger partial charge is 0.219 e. The maximum absolute atomic E-state index is 5.71. The van der Waals surface area contributed by atoms with Gasteiger partial charge in [0.15, 0.2) is 16.5 Å². The second-order valence-corrected chi connectivity index (χ2v) is 41.1. The summed E-state index contributed by atoms with van der Waals surface area (Å²) in [6.45, 7) is 30.7. The molecule has 7 heteroatoms. The molecule has 2 nitrogen and oxygen atoms in total. The van der Waals surface area contributed by atoms with Crippen LogP contribution in [0, 0.1) is 27.7 Å². The van der Waals surface area contributed by atoms with Crippen molar-refractivity contribution in [1.29, 1.82) is 0 Å². The summed E-state index contributed by atoms with van der Waals surface area (Å²) in [5, 5.41) is 2.67. The van der Waals surface area contributed by atoms with Gasteiger partial charge in [-0.15, -0.1) is 15.3 Å². The van der Waals surface area contributed by atoms with Gasteiger partial charge in [-0.2, -0.15) is 0 Å². The van der Waals surface area contributed by atoms with Gasteiger partial charge in [0, 0.05) is 10.7 Å². The van der Waals surface area contributed by atoms with Crippen LogP contribution >= 0.6 is 15.3 Å². The number of nitrogens with zero attached hydrogens (tertiary/aromatic N) is 2. The molecule has 2 aromatic carbocycles. The van der Waals surface area contributed by atoms with E-state index in [-0.39, 0.29) is 0 Å². The first-order valence-corrected chi connectivity index (χ1v) is 28.0. The predicted molar refractivity (Wildman–Crippen MR) is 170 cm³/mol. The molecule has 0 fully saturated rings. The molecule has 0 saturated carbocycles. The van der Waals surface area contributed by atoms with E-state index in [1.54, 1.807) is 0 Å². The van der Waals surface area contributed by atoms with Crippen molar-refractivity contribution in [2.75, 3.05) is 0 Å². The number of rotatable bonds is 7. The fraction of sp³-hybridized carbons (Fsp3) is 0.481. The molecule has 0 bridgehead atoms. The summed E-state index contributed by atoms with van der Waals surface area (Å²) in [6.07, 6.45) is -2.52. The molecule has 0 N–H and O–H groups in total. The number of aryl methyl sites for hydroxylation is 4. The molecular weight excluding hydrogens is 545 g/mol. The van der Waals surface area contributed by atoms with Gasteiger partial charge in [0.1, 0.15) is 0 Å². The lowest BCUT2D eigenvalue weighted by atomic mass is 10.0. The molecule has 0 spiro atoms. The maximum atomic E-state index is 5.71. The predicted octanol–water partition coefficient (Wildman–Crippen LogP) is 8.70. The van der Waals surface area contributed by atoms with Crippen molar-refractivity contribution in [3.63, 3.8) is 0 Å². The molecule has 0 unspecified atom stereocenters. The monoisotopic (exact) mass is 588 g/mol. The second kappa shape index (κ2) is 10.2. The minimum atomic E-state index is -2.52. The van der Waals surface area contributed by atoms with E-state index in [2.05, 4.69) is 138 Å². The summed E-state index contributed by atoms with van der Waals surface area (Å²) in [7, 11) is -5.45. The second-order valence-electron chi connectivity index (χ2n) is 12.7. The Morgan fingerprint density at radius 1 is 0.559 bits per heavy atom. The number of benzene rings is 2. The molecule has 0 atom stereocenters. The first-order chi connectivity index (χ1) is 15.3. The average Bonchev–Trinajstić information content (AvgIpc) is 2.62. The molecule has 0 saturated heterocycles. The van der Waals surface area contributed by atoms with Crippen molar-refractivity contribution in [3.8, 4) is 0 Å². The van der Waals surface area contributed by atoms with Crippen LogP contribution in [0.25, 0.3) is 0 Å². The molecule has 0 heterocycles. The zero-order valence-corrected chi connectivity index (χ0v) is 29.3. The Morgan fingerprint density at radius 2 is 0.824 bits per heavy atom. The highest BCUT2D eigenvalue weighted by molar-refractivity contribution is 9.30. The van der Waals surface area contributed by atoms with Crippen molar-refractivity contribution in [2.45, 2.75) is 86.6 Å². The van der Waals surface area contributed by atoms with Crippen molar-refractivity contribution < 1.29 is 0 Å². The van der Waals surface area contributed by atoms with Crippen molar-refractivity contribution in [1.82, 2.24) is 0 Å². The number of hydrogen-bond acceptors (Lipinski definition) is 2. The summed E-state index contributed by atoms with van der Waals surface area (Å²) >= 11 is 4.64. The zero-order chi connectivity index (χ0) is 26.3. The average molecular weight is 590 g/mol. The molecule has 0 aliphatic heterocycles. The standard InChI is InChI=1S/C27H45BrN2Si4/c1-20-16-14-17-21(2)24(20)26(29-31(5,6)7)34(28,33(11,12)13)27(30-32(8,9)10)25-22(3)18-15-19-23(25)4/h14-19H,1-13H3/b29-26+,30-27+. The molecule has 0 aliphatic carbocycles. The summed E-state index contributed by atoms with van der Waals surface area (Å²) in [6, 6.07) is 13.4. The quantitative estimate of drug-likeness (QED) is 0.175. The third kappa shape index (κ3) is 6.46. The Morgan fingerprint density at radius 3 is 1.03 bits per heavy atom. The number of halogens is 1. The van der Waals surface area contributed by atoms with Crippen LogP contribution in [0.1, 0.15) is 33.4 Å². The van der Waals surface area contributed by atoms with Crippen LogP contribution in [0.5, 0.6) is 0 Å². The van der Waals surface area contributed by atoms with Crippen LogP contribution in [0.3, 0.4) is 0 Å². The molecule has 2 rings (SSSR count). The van der Waals surface area contributed by atoms with Crippen molar-refractivity contribution in [3.05, 3.63) is 69.8 Å². The highest BCUT2D eigenvalue weighted by atomic mass is 79.9. The van der Waals surface area contributed by atoms with Gasteiger partial charge >= 0.3 is 0 Å². The summed E-state index contributed by atoms with van der Waals surface area (Å²) in [5.41, 5.74) is 7.98. The van der Waals surface area contributed by atoms with E-state index in [0.717, 1.165) is 0 Å². The van der Waals surface area contributed by atoms with Crippen molar-refractivity contribution in [2.24, 2.45) is 9.32 Å². The largest absolute Gasteiger partial charge is 0.329 e. The Kier molecular flexibility index (Phi) is 8.84. The van der Waals surface area contributed by atoms with Gasteiger partial charge in [0.2, 0.25) is 6.21 Å². The lowest BCUT2D eigenvalue weighted by Crippen LogP contribution is -2.66. The minimum Gasteiger partial charge on any atom is -0.329 e. The Labute approximate surface area is 221 Å². The zero-order valence-electron chi connectivity index (χ0n) is 23.7. The lowest BCUT2D eigenvalue weighted by Gasteiger charge is -2.42. The molecular formula is C27H45BrN2Si4. The third-order valence-electron chi connectivity index (χ3n) is 6.02.